The minimum atomic E-state index is -3.36. The highest BCUT2D eigenvalue weighted by atomic mass is 127. The molecule has 0 spiro atoms. The second-order valence-electron chi connectivity index (χ2n) is 6.35. The van der Waals surface area contributed by atoms with Crippen LogP contribution in [0.3, 0.4) is 0 Å². The number of benzene rings is 1. The van der Waals surface area contributed by atoms with Gasteiger partial charge in [-0.05, 0) is 37.8 Å². The average molecular weight is 506 g/mol. The molecule has 1 aromatic carbocycles. The van der Waals surface area contributed by atoms with Crippen molar-refractivity contribution in [1.29, 1.82) is 0 Å². The molecular formula is C19H31IN4O2S. The second-order valence-corrected chi connectivity index (χ2v) is 8.37. The van der Waals surface area contributed by atoms with Gasteiger partial charge < -0.3 is 10.2 Å². The molecule has 1 aromatic rings. The molecule has 1 heterocycles. The molecule has 0 saturated heterocycles. The van der Waals surface area contributed by atoms with Gasteiger partial charge in [0.25, 0.3) is 0 Å². The van der Waals surface area contributed by atoms with Crippen LogP contribution >= 0.6 is 24.0 Å². The van der Waals surface area contributed by atoms with Crippen molar-refractivity contribution in [3.05, 3.63) is 42.5 Å². The summed E-state index contributed by atoms with van der Waals surface area (Å²) in [5.74, 6) is 0.755. The summed E-state index contributed by atoms with van der Waals surface area (Å²) in [6.07, 6.45) is 4.62. The van der Waals surface area contributed by atoms with E-state index in [4.69, 9.17) is 0 Å². The molecule has 0 unspecified atom stereocenters. The van der Waals surface area contributed by atoms with E-state index in [1.807, 2.05) is 49.2 Å². The maximum atomic E-state index is 12.7. The van der Waals surface area contributed by atoms with Crippen LogP contribution in [0.4, 0.5) is 5.69 Å². The Morgan fingerprint density at radius 1 is 1.41 bits per heavy atom. The van der Waals surface area contributed by atoms with Gasteiger partial charge in [0.15, 0.2) is 5.96 Å². The van der Waals surface area contributed by atoms with E-state index in [0.29, 0.717) is 6.54 Å². The van der Waals surface area contributed by atoms with Gasteiger partial charge >= 0.3 is 0 Å². The number of nitrogens with one attached hydrogen (secondary N) is 1. The predicted molar refractivity (Wildman–Crippen MR) is 125 cm³/mol. The van der Waals surface area contributed by atoms with Crippen molar-refractivity contribution in [3.63, 3.8) is 0 Å². The fraction of sp³-hybridized carbons (Fsp3) is 0.526. The van der Waals surface area contributed by atoms with Gasteiger partial charge in [0, 0.05) is 26.7 Å². The molecule has 6 nitrogen and oxygen atoms in total. The average Bonchev–Trinajstić information content (AvgIpc) is 3.06. The van der Waals surface area contributed by atoms with Crippen LogP contribution in [0, 0.1) is 0 Å². The normalized spacial score (nSPS) is 13.7. The highest BCUT2D eigenvalue weighted by Gasteiger charge is 2.28. The van der Waals surface area contributed by atoms with Gasteiger partial charge in [-0.2, -0.15) is 0 Å². The number of allylic oxidation sites excluding steroid dienone is 1. The van der Waals surface area contributed by atoms with E-state index in [1.54, 1.807) is 0 Å². The van der Waals surface area contributed by atoms with E-state index in [-0.39, 0.29) is 36.3 Å². The number of hydrogen-bond acceptors (Lipinski definition) is 3. The van der Waals surface area contributed by atoms with E-state index in [0.717, 1.165) is 49.6 Å². The molecule has 0 amide bonds. The SMILES string of the molecule is C=CCCCN(C)C(=NCCS(=O)(=O)N1CCc2ccccc21)NCC.I. The van der Waals surface area contributed by atoms with Gasteiger partial charge in [-0.3, -0.25) is 9.30 Å². The number of nitrogens with zero attached hydrogens (tertiary/aromatic N) is 3. The van der Waals surface area contributed by atoms with Crippen molar-refractivity contribution in [2.24, 2.45) is 4.99 Å². The molecule has 1 N–H and O–H groups in total. The smallest absolute Gasteiger partial charge is 0.237 e. The van der Waals surface area contributed by atoms with Gasteiger partial charge in [0.1, 0.15) is 0 Å². The lowest BCUT2D eigenvalue weighted by Crippen LogP contribution is -2.40. The number of sulfonamides is 1. The zero-order valence-corrected chi connectivity index (χ0v) is 19.4. The standard InChI is InChI=1S/C19H30N4O2S.HI/c1-4-6-9-14-22(3)19(20-5-2)21-13-16-26(24,25)23-15-12-17-10-7-8-11-18(17)23;/h4,7-8,10-11H,1,5-6,9,12-16H2,2-3H3,(H,20,21);1H. The number of guanidine groups is 1. The quantitative estimate of drug-likeness (QED) is 0.184. The molecule has 0 bridgehead atoms. The Hall–Kier alpha value is -1.29. The van der Waals surface area contributed by atoms with Crippen LogP contribution in [-0.2, 0) is 16.4 Å². The molecule has 27 heavy (non-hydrogen) atoms. The second kappa shape index (κ2) is 11.5. The Kier molecular flexibility index (Phi) is 10.1. The summed E-state index contributed by atoms with van der Waals surface area (Å²) >= 11 is 0. The Morgan fingerprint density at radius 3 is 2.85 bits per heavy atom. The van der Waals surface area contributed by atoms with Crippen molar-refractivity contribution in [1.82, 2.24) is 10.2 Å². The van der Waals surface area contributed by atoms with Gasteiger partial charge in [0.2, 0.25) is 10.0 Å². The minimum absolute atomic E-state index is 0. The van der Waals surface area contributed by atoms with Crippen LogP contribution in [0.25, 0.3) is 0 Å². The van der Waals surface area contributed by atoms with Crippen LogP contribution < -0.4 is 9.62 Å². The van der Waals surface area contributed by atoms with Crippen molar-refractivity contribution in [2.75, 3.05) is 43.3 Å². The Morgan fingerprint density at radius 2 is 2.15 bits per heavy atom. The van der Waals surface area contributed by atoms with Crippen LogP contribution in [0.2, 0.25) is 0 Å². The molecule has 8 heteroatoms. The first-order chi connectivity index (χ1) is 12.5. The van der Waals surface area contributed by atoms with Gasteiger partial charge in [-0.25, -0.2) is 8.42 Å². The van der Waals surface area contributed by atoms with Crippen molar-refractivity contribution in [3.8, 4) is 0 Å². The first kappa shape index (κ1) is 23.7. The number of fused-ring (bicyclic) bond motifs is 1. The fourth-order valence-electron chi connectivity index (χ4n) is 3.02. The molecular weight excluding hydrogens is 475 g/mol. The first-order valence-electron chi connectivity index (χ1n) is 9.18. The monoisotopic (exact) mass is 506 g/mol. The van der Waals surface area contributed by atoms with Crippen LogP contribution in [0.15, 0.2) is 41.9 Å². The lowest BCUT2D eigenvalue weighted by Gasteiger charge is -2.22. The molecule has 1 aliphatic rings. The van der Waals surface area contributed by atoms with E-state index < -0.39 is 10.0 Å². The number of rotatable bonds is 9. The molecule has 0 saturated carbocycles. The van der Waals surface area contributed by atoms with Gasteiger partial charge in [-0.1, -0.05) is 24.3 Å². The molecule has 2 rings (SSSR count). The molecule has 0 atom stereocenters. The summed E-state index contributed by atoms with van der Waals surface area (Å²) < 4.78 is 27.0. The van der Waals surface area contributed by atoms with E-state index in [9.17, 15) is 8.42 Å². The van der Waals surface area contributed by atoms with E-state index in [1.165, 1.54) is 4.31 Å². The summed E-state index contributed by atoms with van der Waals surface area (Å²) in [5.41, 5.74) is 1.90. The molecule has 152 valence electrons. The Bertz CT molecular complexity index is 737. The molecule has 0 aromatic heterocycles. The zero-order valence-electron chi connectivity index (χ0n) is 16.2. The van der Waals surface area contributed by atoms with Gasteiger partial charge in [0.05, 0.1) is 18.0 Å². The van der Waals surface area contributed by atoms with Crippen LogP contribution in [-0.4, -0.2) is 58.3 Å². The summed E-state index contributed by atoms with van der Waals surface area (Å²) in [7, 11) is -1.40. The molecule has 0 aliphatic carbocycles. The van der Waals surface area contributed by atoms with Crippen LogP contribution in [0.1, 0.15) is 25.3 Å². The summed E-state index contributed by atoms with van der Waals surface area (Å²) in [6.45, 7) is 8.10. The first-order valence-corrected chi connectivity index (χ1v) is 10.8. The van der Waals surface area contributed by atoms with E-state index >= 15 is 0 Å². The highest BCUT2D eigenvalue weighted by molar-refractivity contribution is 14.0. The number of halogens is 1. The van der Waals surface area contributed by atoms with E-state index in [2.05, 4.69) is 16.9 Å². The molecule has 1 aliphatic heterocycles. The Labute approximate surface area is 180 Å². The van der Waals surface area contributed by atoms with Crippen molar-refractivity contribution < 1.29 is 8.42 Å². The third-order valence-electron chi connectivity index (χ3n) is 4.39. The number of para-hydroxylation sites is 1. The third-order valence-corrected chi connectivity index (χ3v) is 6.14. The number of hydrogen-bond donors (Lipinski definition) is 1. The van der Waals surface area contributed by atoms with Crippen LogP contribution in [0.5, 0.6) is 0 Å². The highest BCUT2D eigenvalue weighted by Crippen LogP contribution is 2.29. The fourth-order valence-corrected chi connectivity index (χ4v) is 4.41. The summed E-state index contributed by atoms with van der Waals surface area (Å²) in [6, 6.07) is 7.70. The summed E-state index contributed by atoms with van der Waals surface area (Å²) in [5, 5.41) is 3.22. The third kappa shape index (κ3) is 6.67. The minimum Gasteiger partial charge on any atom is -0.357 e. The van der Waals surface area contributed by atoms with Gasteiger partial charge in [-0.15, -0.1) is 30.6 Å². The number of anilines is 1. The summed E-state index contributed by atoms with van der Waals surface area (Å²) in [4.78, 5) is 6.54. The largest absolute Gasteiger partial charge is 0.357 e. The maximum absolute atomic E-state index is 12.7. The Balaban J connectivity index is 0.00000364. The number of aliphatic imine (C=N–C) groups is 1. The number of unbranched alkanes of at least 4 members (excludes halogenated alkanes) is 1. The topological polar surface area (TPSA) is 65.0 Å². The zero-order chi connectivity index (χ0) is 19.0. The maximum Gasteiger partial charge on any atom is 0.237 e. The molecule has 0 fully saturated rings. The van der Waals surface area contributed by atoms with Crippen molar-refractivity contribution in [2.45, 2.75) is 26.2 Å². The van der Waals surface area contributed by atoms with Crippen molar-refractivity contribution >= 4 is 45.6 Å². The predicted octanol–water partition coefficient (Wildman–Crippen LogP) is 2.86. The lowest BCUT2D eigenvalue weighted by atomic mass is 10.2. The lowest BCUT2D eigenvalue weighted by molar-refractivity contribution is 0.470. The molecule has 0 radical (unpaired) electrons.